The normalized spacial score (nSPS) is 18.9. The molecule has 3 N–H and O–H groups in total. The van der Waals surface area contributed by atoms with Crippen molar-refractivity contribution in [2.24, 2.45) is 17.3 Å². The van der Waals surface area contributed by atoms with Gasteiger partial charge in [0.25, 0.3) is 0 Å². The van der Waals surface area contributed by atoms with E-state index in [1.165, 1.54) is 0 Å². The van der Waals surface area contributed by atoms with Gasteiger partial charge in [-0.1, -0.05) is 34.6 Å². The maximum absolute atomic E-state index is 12.9. The lowest BCUT2D eigenvalue weighted by molar-refractivity contribution is -0.121. The lowest BCUT2D eigenvalue weighted by Gasteiger charge is -2.36. The number of rotatable bonds is 8. The average Bonchev–Trinajstić information content (AvgIpc) is 2.67. The van der Waals surface area contributed by atoms with Gasteiger partial charge in [0.15, 0.2) is 0 Å². The molecule has 1 aliphatic carbocycles. The van der Waals surface area contributed by atoms with E-state index in [1.807, 2.05) is 13.8 Å². The van der Waals surface area contributed by atoms with Gasteiger partial charge >= 0.3 is 0 Å². The molecule has 1 fully saturated rings. The molecule has 1 saturated carbocycles. The molecule has 0 saturated heterocycles. The summed E-state index contributed by atoms with van der Waals surface area (Å²) in [5.74, 6) is 0.481. The minimum absolute atomic E-state index is 0.00456. The van der Waals surface area contributed by atoms with E-state index < -0.39 is 0 Å². The molecule has 1 aromatic carbocycles. The second-order valence-corrected chi connectivity index (χ2v) is 9.80. The van der Waals surface area contributed by atoms with Crippen LogP contribution in [0.5, 0.6) is 0 Å². The van der Waals surface area contributed by atoms with Gasteiger partial charge in [-0.3, -0.25) is 14.4 Å². The Labute approximate surface area is 186 Å². The van der Waals surface area contributed by atoms with Crippen molar-refractivity contribution < 1.29 is 14.4 Å². The predicted octanol–water partition coefficient (Wildman–Crippen LogP) is 5.95. The van der Waals surface area contributed by atoms with Crippen molar-refractivity contribution in [2.45, 2.75) is 86.0 Å². The lowest BCUT2D eigenvalue weighted by Crippen LogP contribution is -2.31. The molecule has 0 spiro atoms. The first-order valence-electron chi connectivity index (χ1n) is 11.7. The molecule has 31 heavy (non-hydrogen) atoms. The summed E-state index contributed by atoms with van der Waals surface area (Å²) < 4.78 is 0. The molecule has 6 nitrogen and oxygen atoms in total. The third kappa shape index (κ3) is 8.00. The molecule has 0 atom stereocenters. The molecular formula is C25H39N3O3. The van der Waals surface area contributed by atoms with E-state index in [1.54, 1.807) is 18.2 Å². The Morgan fingerprint density at radius 2 is 1.19 bits per heavy atom. The minimum Gasteiger partial charge on any atom is -0.326 e. The molecule has 0 aliphatic heterocycles. The topological polar surface area (TPSA) is 87.3 Å². The second-order valence-electron chi connectivity index (χ2n) is 9.80. The van der Waals surface area contributed by atoms with Crippen molar-refractivity contribution in [2.75, 3.05) is 16.0 Å². The lowest BCUT2D eigenvalue weighted by atomic mass is 9.69. The highest BCUT2D eigenvalue weighted by Crippen LogP contribution is 2.40. The van der Waals surface area contributed by atoms with Crippen molar-refractivity contribution in [3.05, 3.63) is 18.2 Å². The highest BCUT2D eigenvalue weighted by Gasteiger charge is 2.32. The Morgan fingerprint density at radius 1 is 0.774 bits per heavy atom. The third-order valence-electron chi connectivity index (χ3n) is 6.04. The number of hydrogen-bond acceptors (Lipinski definition) is 3. The van der Waals surface area contributed by atoms with Crippen molar-refractivity contribution in [3.63, 3.8) is 0 Å². The standard InChI is InChI=1S/C25H39N3O3/c1-6-8-22(29)26-19-14-20(27-23(30)9-7-2)16-21(15-19)28-24(31)17-10-12-18(13-11-17)25(3,4)5/h14-18H,6-13H2,1-5H3,(H,26,29)(H,27,30)(H,28,31)/t17-,18-. The summed E-state index contributed by atoms with van der Waals surface area (Å²) in [6.07, 6.45) is 6.25. The molecule has 0 heterocycles. The molecule has 3 amide bonds. The first-order valence-corrected chi connectivity index (χ1v) is 11.7. The Morgan fingerprint density at radius 3 is 1.58 bits per heavy atom. The summed E-state index contributed by atoms with van der Waals surface area (Å²) in [7, 11) is 0. The van der Waals surface area contributed by atoms with Crippen molar-refractivity contribution >= 4 is 34.8 Å². The molecule has 172 valence electrons. The first-order chi connectivity index (χ1) is 14.6. The van der Waals surface area contributed by atoms with E-state index in [0.717, 1.165) is 38.5 Å². The van der Waals surface area contributed by atoms with Crippen molar-refractivity contribution in [1.29, 1.82) is 0 Å². The first kappa shape index (κ1) is 24.9. The Bertz CT molecular complexity index is 736. The zero-order chi connectivity index (χ0) is 23.0. The van der Waals surface area contributed by atoms with E-state index >= 15 is 0 Å². The van der Waals surface area contributed by atoms with Crippen LogP contribution in [0, 0.1) is 17.3 Å². The van der Waals surface area contributed by atoms with Crippen LogP contribution >= 0.6 is 0 Å². The van der Waals surface area contributed by atoms with E-state index in [9.17, 15) is 14.4 Å². The van der Waals surface area contributed by atoms with Gasteiger partial charge in [-0.25, -0.2) is 0 Å². The van der Waals surface area contributed by atoms with Gasteiger partial charge in [0.05, 0.1) is 0 Å². The Balaban J connectivity index is 2.11. The second kappa shape index (κ2) is 11.3. The van der Waals surface area contributed by atoms with Gasteiger partial charge in [0, 0.05) is 35.8 Å². The fraction of sp³-hybridized carbons (Fsp3) is 0.640. The molecule has 1 aromatic rings. The van der Waals surface area contributed by atoms with Gasteiger partial charge < -0.3 is 16.0 Å². The van der Waals surface area contributed by atoms with Crippen LogP contribution in [0.4, 0.5) is 17.1 Å². The molecule has 6 heteroatoms. The van der Waals surface area contributed by atoms with E-state index in [-0.39, 0.29) is 29.1 Å². The van der Waals surface area contributed by atoms with E-state index in [2.05, 4.69) is 36.7 Å². The zero-order valence-electron chi connectivity index (χ0n) is 19.8. The smallest absolute Gasteiger partial charge is 0.227 e. The van der Waals surface area contributed by atoms with Crippen LogP contribution in [0.1, 0.15) is 86.0 Å². The molecule has 2 rings (SSSR count). The van der Waals surface area contributed by atoms with Gasteiger partial charge in [0.1, 0.15) is 0 Å². The molecule has 0 aromatic heterocycles. The fourth-order valence-corrected chi connectivity index (χ4v) is 4.21. The monoisotopic (exact) mass is 429 g/mol. The number of hydrogen-bond donors (Lipinski definition) is 3. The van der Waals surface area contributed by atoms with Crippen LogP contribution in [0.3, 0.4) is 0 Å². The van der Waals surface area contributed by atoms with Gasteiger partial charge in [0.2, 0.25) is 17.7 Å². The van der Waals surface area contributed by atoms with Crippen molar-refractivity contribution in [1.82, 2.24) is 0 Å². The average molecular weight is 430 g/mol. The van der Waals surface area contributed by atoms with Crippen LogP contribution in [-0.4, -0.2) is 17.7 Å². The molecule has 0 bridgehead atoms. The third-order valence-corrected chi connectivity index (χ3v) is 6.04. The van der Waals surface area contributed by atoms with Gasteiger partial charge in [-0.05, 0) is 68.1 Å². The van der Waals surface area contributed by atoms with Gasteiger partial charge in [-0.15, -0.1) is 0 Å². The van der Waals surface area contributed by atoms with Gasteiger partial charge in [-0.2, -0.15) is 0 Å². The molecular weight excluding hydrogens is 390 g/mol. The number of anilines is 3. The number of carbonyl (C=O) groups excluding carboxylic acids is 3. The van der Waals surface area contributed by atoms with Crippen LogP contribution in [0.25, 0.3) is 0 Å². The zero-order valence-corrected chi connectivity index (χ0v) is 19.8. The Kier molecular flexibility index (Phi) is 9.08. The molecule has 1 aliphatic rings. The summed E-state index contributed by atoms with van der Waals surface area (Å²) in [5, 5.41) is 8.74. The summed E-state index contributed by atoms with van der Waals surface area (Å²) in [6.45, 7) is 10.7. The highest BCUT2D eigenvalue weighted by molar-refractivity contribution is 5.98. The highest BCUT2D eigenvalue weighted by atomic mass is 16.2. The SMILES string of the molecule is CCCC(=O)Nc1cc(NC(=O)CCC)cc(NC(=O)[C@H]2CC[C@H](C(C)(C)C)CC2)c1. The van der Waals surface area contributed by atoms with Crippen LogP contribution in [0.2, 0.25) is 0 Å². The van der Waals surface area contributed by atoms with Crippen LogP contribution < -0.4 is 16.0 Å². The minimum atomic E-state index is -0.0858. The van der Waals surface area contributed by atoms with Crippen molar-refractivity contribution in [3.8, 4) is 0 Å². The summed E-state index contributed by atoms with van der Waals surface area (Å²) >= 11 is 0. The summed E-state index contributed by atoms with van der Waals surface area (Å²) in [5.41, 5.74) is 2.00. The quantitative estimate of drug-likeness (QED) is 0.477. The largest absolute Gasteiger partial charge is 0.326 e. The maximum atomic E-state index is 12.9. The number of amides is 3. The predicted molar refractivity (Wildman–Crippen MR) is 127 cm³/mol. The van der Waals surface area contributed by atoms with E-state index in [0.29, 0.717) is 35.8 Å². The van der Waals surface area contributed by atoms with Crippen LogP contribution in [0.15, 0.2) is 18.2 Å². The molecule has 0 radical (unpaired) electrons. The summed E-state index contributed by atoms with van der Waals surface area (Å²) in [4.78, 5) is 37.0. The number of benzene rings is 1. The fourth-order valence-electron chi connectivity index (χ4n) is 4.21. The summed E-state index contributed by atoms with van der Waals surface area (Å²) in [6, 6.07) is 5.23. The number of nitrogens with one attached hydrogen (secondary N) is 3. The van der Waals surface area contributed by atoms with Crippen LogP contribution in [-0.2, 0) is 14.4 Å². The van der Waals surface area contributed by atoms with E-state index in [4.69, 9.17) is 0 Å². The number of carbonyl (C=O) groups is 3. The Hall–Kier alpha value is -2.37. The molecule has 0 unspecified atom stereocenters. The maximum Gasteiger partial charge on any atom is 0.227 e.